The Kier molecular flexibility index (Phi) is 6.32. The molecule has 2 atom stereocenters. The molecule has 0 aromatic heterocycles. The molecule has 2 aliphatic rings. The van der Waals surface area contributed by atoms with E-state index in [0.29, 0.717) is 6.04 Å². The van der Waals surface area contributed by atoms with Crippen molar-refractivity contribution < 1.29 is 9.53 Å². The predicted molar refractivity (Wildman–Crippen MR) is 93.6 cm³/mol. The maximum Gasteiger partial charge on any atom is 0.410 e. The fraction of sp³-hybridized carbons (Fsp3) is 0.944. The van der Waals surface area contributed by atoms with Crippen molar-refractivity contribution in [3.05, 3.63) is 0 Å². The zero-order chi connectivity index (χ0) is 17.0. The Bertz CT molecular complexity index is 392. The highest BCUT2D eigenvalue weighted by Gasteiger charge is 2.32. The van der Waals surface area contributed by atoms with E-state index in [4.69, 9.17) is 4.74 Å². The van der Waals surface area contributed by atoms with Gasteiger partial charge in [0.1, 0.15) is 5.60 Å². The molecule has 2 heterocycles. The van der Waals surface area contributed by atoms with Crippen molar-refractivity contribution in [1.29, 1.82) is 0 Å². The maximum atomic E-state index is 12.3. The SMILES string of the molecule is CC(C)N1CCC(CNCC2CCCN2C(=O)OC(C)(C)C)C1. The first-order valence-corrected chi connectivity index (χ1v) is 9.20. The second kappa shape index (κ2) is 7.84. The Balaban J connectivity index is 1.71. The number of likely N-dealkylation sites (tertiary alicyclic amines) is 2. The zero-order valence-electron chi connectivity index (χ0n) is 15.6. The van der Waals surface area contributed by atoms with E-state index in [1.54, 1.807) is 0 Å². The van der Waals surface area contributed by atoms with Gasteiger partial charge in [0, 0.05) is 31.7 Å². The molecule has 1 N–H and O–H groups in total. The van der Waals surface area contributed by atoms with Gasteiger partial charge in [-0.3, -0.25) is 0 Å². The fourth-order valence-electron chi connectivity index (χ4n) is 3.56. The lowest BCUT2D eigenvalue weighted by Crippen LogP contribution is -2.44. The average molecular weight is 325 g/mol. The van der Waals surface area contributed by atoms with Crippen molar-refractivity contribution in [2.75, 3.05) is 32.7 Å². The monoisotopic (exact) mass is 325 g/mol. The summed E-state index contributed by atoms with van der Waals surface area (Å²) in [5.41, 5.74) is -0.415. The van der Waals surface area contributed by atoms with Crippen LogP contribution in [0.2, 0.25) is 0 Å². The van der Waals surface area contributed by atoms with Gasteiger partial charge in [-0.25, -0.2) is 4.79 Å². The summed E-state index contributed by atoms with van der Waals surface area (Å²) in [5.74, 6) is 0.744. The first-order valence-electron chi connectivity index (χ1n) is 9.20. The van der Waals surface area contributed by atoms with Gasteiger partial charge in [-0.15, -0.1) is 0 Å². The van der Waals surface area contributed by atoms with Crippen molar-refractivity contribution in [2.45, 2.75) is 71.6 Å². The zero-order valence-corrected chi connectivity index (χ0v) is 15.6. The molecule has 0 bridgehead atoms. The molecule has 0 aromatic rings. The minimum absolute atomic E-state index is 0.159. The molecule has 134 valence electrons. The topological polar surface area (TPSA) is 44.8 Å². The van der Waals surface area contributed by atoms with E-state index in [-0.39, 0.29) is 12.1 Å². The van der Waals surface area contributed by atoms with Gasteiger partial charge in [0.05, 0.1) is 0 Å². The number of carbonyl (C=O) groups is 1. The van der Waals surface area contributed by atoms with Crippen molar-refractivity contribution in [1.82, 2.24) is 15.1 Å². The molecule has 0 radical (unpaired) electrons. The molecular formula is C18H35N3O2. The largest absolute Gasteiger partial charge is 0.444 e. The third-order valence-corrected chi connectivity index (χ3v) is 4.87. The number of hydrogen-bond donors (Lipinski definition) is 1. The standard InChI is InChI=1S/C18H35N3O2/c1-14(2)20-10-8-15(13-20)11-19-12-16-7-6-9-21(16)17(22)23-18(3,4)5/h14-16,19H,6-13H2,1-5H3. The van der Waals surface area contributed by atoms with E-state index in [1.807, 2.05) is 25.7 Å². The van der Waals surface area contributed by atoms with Crippen LogP contribution in [0, 0.1) is 5.92 Å². The van der Waals surface area contributed by atoms with Crippen LogP contribution in [0.5, 0.6) is 0 Å². The summed E-state index contributed by atoms with van der Waals surface area (Å²) in [4.78, 5) is 16.7. The Morgan fingerprint density at radius 3 is 2.57 bits per heavy atom. The third kappa shape index (κ3) is 5.64. The first-order chi connectivity index (χ1) is 10.8. The van der Waals surface area contributed by atoms with Gasteiger partial charge in [0.25, 0.3) is 0 Å². The van der Waals surface area contributed by atoms with Gasteiger partial charge >= 0.3 is 6.09 Å². The highest BCUT2D eigenvalue weighted by Crippen LogP contribution is 2.21. The molecule has 2 saturated heterocycles. The number of amides is 1. The molecule has 2 unspecified atom stereocenters. The molecule has 2 fully saturated rings. The van der Waals surface area contributed by atoms with Gasteiger partial charge in [-0.05, 0) is 72.9 Å². The minimum Gasteiger partial charge on any atom is -0.444 e. The van der Waals surface area contributed by atoms with Crippen LogP contribution < -0.4 is 5.32 Å². The highest BCUT2D eigenvalue weighted by atomic mass is 16.6. The van der Waals surface area contributed by atoms with Crippen molar-refractivity contribution in [2.24, 2.45) is 5.92 Å². The highest BCUT2D eigenvalue weighted by molar-refractivity contribution is 5.69. The average Bonchev–Trinajstić information content (AvgIpc) is 3.05. The van der Waals surface area contributed by atoms with Crippen LogP contribution in [-0.2, 0) is 4.74 Å². The van der Waals surface area contributed by atoms with E-state index in [2.05, 4.69) is 24.1 Å². The van der Waals surface area contributed by atoms with Crippen LogP contribution in [-0.4, -0.2) is 66.3 Å². The van der Waals surface area contributed by atoms with Crippen LogP contribution in [0.1, 0.15) is 53.9 Å². The molecule has 5 heteroatoms. The lowest BCUT2D eigenvalue weighted by atomic mass is 10.1. The smallest absolute Gasteiger partial charge is 0.410 e. The lowest BCUT2D eigenvalue weighted by molar-refractivity contribution is 0.0226. The Labute approximate surface area is 141 Å². The van der Waals surface area contributed by atoms with Gasteiger partial charge in [-0.2, -0.15) is 0 Å². The van der Waals surface area contributed by atoms with Crippen LogP contribution in [0.3, 0.4) is 0 Å². The number of hydrogen-bond acceptors (Lipinski definition) is 4. The molecule has 2 rings (SSSR count). The minimum atomic E-state index is -0.415. The quantitative estimate of drug-likeness (QED) is 0.844. The molecule has 5 nitrogen and oxygen atoms in total. The summed E-state index contributed by atoms with van der Waals surface area (Å²) < 4.78 is 5.52. The summed E-state index contributed by atoms with van der Waals surface area (Å²) in [7, 11) is 0. The van der Waals surface area contributed by atoms with Gasteiger partial charge < -0.3 is 19.9 Å². The van der Waals surface area contributed by atoms with Gasteiger partial charge in [0.15, 0.2) is 0 Å². The molecular weight excluding hydrogens is 290 g/mol. The summed E-state index contributed by atoms with van der Waals surface area (Å²) >= 11 is 0. The van der Waals surface area contributed by atoms with Crippen LogP contribution in [0.4, 0.5) is 4.79 Å². The van der Waals surface area contributed by atoms with Crippen molar-refractivity contribution in [3.63, 3.8) is 0 Å². The van der Waals surface area contributed by atoms with Crippen LogP contribution in [0.15, 0.2) is 0 Å². The molecule has 0 aliphatic carbocycles. The summed E-state index contributed by atoms with van der Waals surface area (Å²) in [6.07, 6.45) is 3.28. The number of carbonyl (C=O) groups excluding carboxylic acids is 1. The van der Waals surface area contributed by atoms with E-state index >= 15 is 0 Å². The maximum absolute atomic E-state index is 12.3. The van der Waals surface area contributed by atoms with E-state index in [0.717, 1.165) is 38.4 Å². The lowest BCUT2D eigenvalue weighted by Gasteiger charge is -2.29. The van der Waals surface area contributed by atoms with Gasteiger partial charge in [-0.1, -0.05) is 0 Å². The fourth-order valence-corrected chi connectivity index (χ4v) is 3.56. The molecule has 0 spiro atoms. The number of nitrogens with one attached hydrogen (secondary N) is 1. The molecule has 0 saturated carbocycles. The third-order valence-electron chi connectivity index (χ3n) is 4.87. The number of nitrogens with zero attached hydrogens (tertiary/aromatic N) is 2. The van der Waals surface area contributed by atoms with Gasteiger partial charge in [0.2, 0.25) is 0 Å². The molecule has 2 aliphatic heterocycles. The van der Waals surface area contributed by atoms with Crippen molar-refractivity contribution in [3.8, 4) is 0 Å². The summed E-state index contributed by atoms with van der Waals surface area (Å²) in [6, 6.07) is 0.935. The number of rotatable bonds is 5. The van der Waals surface area contributed by atoms with Crippen molar-refractivity contribution >= 4 is 6.09 Å². The van der Waals surface area contributed by atoms with Crippen LogP contribution >= 0.6 is 0 Å². The second-order valence-electron chi connectivity index (χ2n) is 8.37. The molecule has 0 aromatic carbocycles. The summed E-state index contributed by atoms with van der Waals surface area (Å²) in [5, 5.41) is 3.60. The van der Waals surface area contributed by atoms with E-state index < -0.39 is 5.60 Å². The number of ether oxygens (including phenoxy) is 1. The van der Waals surface area contributed by atoms with E-state index in [1.165, 1.54) is 19.5 Å². The van der Waals surface area contributed by atoms with E-state index in [9.17, 15) is 4.79 Å². The Morgan fingerprint density at radius 2 is 1.96 bits per heavy atom. The molecule has 1 amide bonds. The second-order valence-corrected chi connectivity index (χ2v) is 8.37. The van der Waals surface area contributed by atoms with Crippen LogP contribution in [0.25, 0.3) is 0 Å². The normalized spacial score (nSPS) is 26.3. The summed E-state index contributed by atoms with van der Waals surface area (Å²) in [6.45, 7) is 15.5. The predicted octanol–water partition coefficient (Wildman–Crippen LogP) is 2.71. The molecule has 23 heavy (non-hydrogen) atoms. The Morgan fingerprint density at radius 1 is 1.22 bits per heavy atom. The Hall–Kier alpha value is -0.810. The first kappa shape index (κ1) is 18.5.